The average Bonchev–Trinajstić information content (AvgIpc) is 2.88. The van der Waals surface area contributed by atoms with Crippen LogP contribution in [0.5, 0.6) is 0 Å². The van der Waals surface area contributed by atoms with E-state index in [4.69, 9.17) is 5.11 Å². The van der Waals surface area contributed by atoms with Crippen molar-refractivity contribution in [3.8, 4) is 0 Å². The van der Waals surface area contributed by atoms with E-state index in [9.17, 15) is 23.3 Å². The SMILES string of the molecule is O=C(O)C1CCN(S(=O)(=O)c2ccc([N+](=O)[O-])c(Br)c2)C1. The Labute approximate surface area is 128 Å². The molecule has 1 aliphatic rings. The lowest BCUT2D eigenvalue weighted by Gasteiger charge is -2.16. The maximum Gasteiger partial charge on any atom is 0.307 e. The summed E-state index contributed by atoms with van der Waals surface area (Å²) in [4.78, 5) is 20.9. The molecule has 114 valence electrons. The Morgan fingerprint density at radius 1 is 1.48 bits per heavy atom. The van der Waals surface area contributed by atoms with Crippen molar-refractivity contribution in [3.05, 3.63) is 32.8 Å². The Kier molecular flexibility index (Phi) is 4.30. The van der Waals surface area contributed by atoms with Gasteiger partial charge in [-0.05, 0) is 34.5 Å². The number of carboxylic acids is 1. The molecule has 1 atom stereocenters. The van der Waals surface area contributed by atoms with Gasteiger partial charge in [-0.1, -0.05) is 0 Å². The summed E-state index contributed by atoms with van der Waals surface area (Å²) in [6.45, 7) is 0.0280. The highest BCUT2D eigenvalue weighted by atomic mass is 79.9. The molecule has 0 saturated carbocycles. The van der Waals surface area contributed by atoms with Crippen LogP contribution >= 0.6 is 15.9 Å². The first-order valence-electron chi connectivity index (χ1n) is 5.90. The van der Waals surface area contributed by atoms with Crippen molar-refractivity contribution in [2.75, 3.05) is 13.1 Å². The van der Waals surface area contributed by atoms with Gasteiger partial charge in [-0.2, -0.15) is 4.31 Å². The third kappa shape index (κ3) is 3.06. The minimum atomic E-state index is -3.85. The van der Waals surface area contributed by atoms with E-state index in [0.29, 0.717) is 0 Å². The van der Waals surface area contributed by atoms with Gasteiger partial charge in [0, 0.05) is 19.2 Å². The maximum absolute atomic E-state index is 12.4. The van der Waals surface area contributed by atoms with Gasteiger partial charge < -0.3 is 5.11 Å². The van der Waals surface area contributed by atoms with Crippen LogP contribution in [0, 0.1) is 16.0 Å². The van der Waals surface area contributed by atoms with Crippen molar-refractivity contribution in [2.24, 2.45) is 5.92 Å². The van der Waals surface area contributed by atoms with Crippen LogP contribution < -0.4 is 0 Å². The van der Waals surface area contributed by atoms with Crippen molar-refractivity contribution >= 4 is 37.6 Å². The fraction of sp³-hybridized carbons (Fsp3) is 0.364. The molecule has 2 rings (SSSR count). The number of nitro groups is 1. The molecule has 8 nitrogen and oxygen atoms in total. The molecule has 0 aromatic heterocycles. The monoisotopic (exact) mass is 378 g/mol. The van der Waals surface area contributed by atoms with Crippen LogP contribution in [0.1, 0.15) is 6.42 Å². The lowest BCUT2D eigenvalue weighted by Crippen LogP contribution is -2.30. The molecule has 1 N–H and O–H groups in total. The summed E-state index contributed by atoms with van der Waals surface area (Å²) in [5, 5.41) is 19.6. The molecule has 10 heteroatoms. The molecular formula is C11H11BrN2O6S. The molecule has 1 heterocycles. The van der Waals surface area contributed by atoms with Gasteiger partial charge in [-0.25, -0.2) is 8.42 Å². The zero-order valence-electron chi connectivity index (χ0n) is 10.6. The summed E-state index contributed by atoms with van der Waals surface area (Å²) in [6.07, 6.45) is 0.253. The van der Waals surface area contributed by atoms with Crippen LogP contribution in [-0.2, 0) is 14.8 Å². The summed E-state index contributed by atoms with van der Waals surface area (Å²) in [5.41, 5.74) is -0.237. The highest BCUT2D eigenvalue weighted by Gasteiger charge is 2.36. The van der Waals surface area contributed by atoms with Crippen molar-refractivity contribution in [1.29, 1.82) is 0 Å². The summed E-state index contributed by atoms with van der Waals surface area (Å²) >= 11 is 2.97. The van der Waals surface area contributed by atoms with Crippen LogP contribution in [0.25, 0.3) is 0 Å². The predicted octanol–water partition coefficient (Wildman–Crippen LogP) is 1.45. The molecule has 0 radical (unpaired) electrons. The van der Waals surface area contributed by atoms with Crippen molar-refractivity contribution in [2.45, 2.75) is 11.3 Å². The van der Waals surface area contributed by atoms with E-state index >= 15 is 0 Å². The number of sulfonamides is 1. The van der Waals surface area contributed by atoms with E-state index in [0.717, 1.165) is 22.5 Å². The van der Waals surface area contributed by atoms with Gasteiger partial charge in [0.05, 0.1) is 20.2 Å². The lowest BCUT2D eigenvalue weighted by atomic mass is 10.1. The quantitative estimate of drug-likeness (QED) is 0.625. The van der Waals surface area contributed by atoms with E-state index in [1.165, 1.54) is 0 Å². The first kappa shape index (κ1) is 15.9. The summed E-state index contributed by atoms with van der Waals surface area (Å²) < 4.78 is 25.9. The second-order valence-corrected chi connectivity index (χ2v) is 7.35. The molecule has 1 aromatic carbocycles. The number of benzene rings is 1. The number of aliphatic carboxylic acids is 1. The molecule has 1 aliphatic heterocycles. The molecule has 0 bridgehead atoms. The van der Waals surface area contributed by atoms with Crippen LogP contribution in [0.4, 0.5) is 5.69 Å². The largest absolute Gasteiger partial charge is 0.481 e. The minimum absolute atomic E-state index is 0.0579. The molecule has 1 fully saturated rings. The summed E-state index contributed by atoms with van der Waals surface area (Å²) in [6, 6.07) is 3.40. The number of halogens is 1. The van der Waals surface area contributed by atoms with Gasteiger partial charge in [0.2, 0.25) is 10.0 Å². The topological polar surface area (TPSA) is 118 Å². The van der Waals surface area contributed by atoms with Gasteiger partial charge in [0.15, 0.2) is 0 Å². The predicted molar refractivity (Wildman–Crippen MR) is 75.3 cm³/mol. The second kappa shape index (κ2) is 5.70. The van der Waals surface area contributed by atoms with Crippen LogP contribution in [0.3, 0.4) is 0 Å². The van der Waals surface area contributed by atoms with Crippen LogP contribution in [0.2, 0.25) is 0 Å². The van der Waals surface area contributed by atoms with Gasteiger partial charge in [0.25, 0.3) is 5.69 Å². The summed E-state index contributed by atoms with van der Waals surface area (Å²) in [5.74, 6) is -1.75. The number of carboxylic acid groups (broad SMARTS) is 1. The maximum atomic E-state index is 12.4. The smallest absolute Gasteiger partial charge is 0.307 e. The van der Waals surface area contributed by atoms with Crippen LogP contribution in [-0.4, -0.2) is 41.8 Å². The zero-order valence-corrected chi connectivity index (χ0v) is 13.0. The third-order valence-corrected chi connectivity index (χ3v) is 5.75. The van der Waals surface area contributed by atoms with E-state index in [1.807, 2.05) is 0 Å². The number of carbonyl (C=O) groups is 1. The third-order valence-electron chi connectivity index (χ3n) is 3.25. The minimum Gasteiger partial charge on any atom is -0.481 e. The Morgan fingerprint density at radius 2 is 2.14 bits per heavy atom. The Hall–Kier alpha value is -1.52. The average molecular weight is 379 g/mol. The van der Waals surface area contributed by atoms with Gasteiger partial charge in [0.1, 0.15) is 0 Å². The molecule has 0 amide bonds. The molecule has 21 heavy (non-hydrogen) atoms. The summed E-state index contributed by atoms with van der Waals surface area (Å²) in [7, 11) is -3.85. The Morgan fingerprint density at radius 3 is 2.62 bits per heavy atom. The Balaban J connectivity index is 2.31. The van der Waals surface area contributed by atoms with Crippen molar-refractivity contribution < 1.29 is 23.2 Å². The number of nitro benzene ring substituents is 1. The number of hydrogen-bond acceptors (Lipinski definition) is 5. The molecule has 0 spiro atoms. The highest BCUT2D eigenvalue weighted by molar-refractivity contribution is 9.10. The second-order valence-electron chi connectivity index (χ2n) is 4.56. The number of hydrogen-bond donors (Lipinski definition) is 1. The first-order chi connectivity index (χ1) is 9.73. The van der Waals surface area contributed by atoms with E-state index < -0.39 is 26.8 Å². The van der Waals surface area contributed by atoms with E-state index in [-0.39, 0.29) is 34.6 Å². The van der Waals surface area contributed by atoms with Gasteiger partial charge in [-0.15, -0.1) is 0 Å². The van der Waals surface area contributed by atoms with Crippen molar-refractivity contribution in [1.82, 2.24) is 4.31 Å². The van der Waals surface area contributed by atoms with Gasteiger partial charge in [-0.3, -0.25) is 14.9 Å². The lowest BCUT2D eigenvalue weighted by molar-refractivity contribution is -0.385. The molecular weight excluding hydrogens is 368 g/mol. The number of nitrogens with zero attached hydrogens (tertiary/aromatic N) is 2. The standard InChI is InChI=1S/C11H11BrN2O6S/c12-9-5-8(1-2-10(9)14(17)18)21(19,20)13-4-3-7(6-13)11(15)16/h1-2,5,7H,3-4,6H2,(H,15,16). The first-order valence-corrected chi connectivity index (χ1v) is 8.13. The molecule has 1 unspecified atom stereocenters. The zero-order chi connectivity index (χ0) is 15.8. The van der Waals surface area contributed by atoms with Crippen LogP contribution in [0.15, 0.2) is 27.6 Å². The molecule has 0 aliphatic carbocycles. The fourth-order valence-corrected chi connectivity index (χ4v) is 4.30. The normalized spacial score (nSPS) is 19.6. The van der Waals surface area contributed by atoms with E-state index in [2.05, 4.69) is 15.9 Å². The van der Waals surface area contributed by atoms with Crippen molar-refractivity contribution in [3.63, 3.8) is 0 Å². The van der Waals surface area contributed by atoms with Gasteiger partial charge >= 0.3 is 5.97 Å². The highest BCUT2D eigenvalue weighted by Crippen LogP contribution is 2.30. The fourth-order valence-electron chi connectivity index (χ4n) is 2.09. The number of rotatable bonds is 4. The van der Waals surface area contributed by atoms with E-state index in [1.54, 1.807) is 0 Å². The molecule has 1 aromatic rings. The molecule has 1 saturated heterocycles. The Bertz CT molecular complexity index is 705.